The Bertz CT molecular complexity index is 304. The first kappa shape index (κ1) is 13.9. The first-order valence-corrected chi connectivity index (χ1v) is 8.61. The second-order valence-corrected chi connectivity index (χ2v) is 7.88. The minimum Gasteiger partial charge on any atom is -0.329 e. The van der Waals surface area contributed by atoms with Crippen molar-refractivity contribution in [2.24, 2.45) is 23.5 Å². The Morgan fingerprint density at radius 3 is 2.42 bits per heavy atom. The summed E-state index contributed by atoms with van der Waals surface area (Å²) in [6, 6.07) is 0.870. The molecule has 0 aromatic carbocycles. The summed E-state index contributed by atoms with van der Waals surface area (Å²) in [4.78, 5) is 2.90. The summed E-state index contributed by atoms with van der Waals surface area (Å²) in [6.45, 7) is 7.08. The zero-order chi connectivity index (χ0) is 13.5. The summed E-state index contributed by atoms with van der Waals surface area (Å²) in [5, 5.41) is 0. The van der Waals surface area contributed by atoms with Gasteiger partial charge in [0.25, 0.3) is 0 Å². The lowest BCUT2D eigenvalue weighted by Gasteiger charge is -2.55. The molecule has 0 bridgehead atoms. The fourth-order valence-electron chi connectivity index (χ4n) is 5.80. The van der Waals surface area contributed by atoms with Gasteiger partial charge >= 0.3 is 0 Å². The number of hydrogen-bond donors (Lipinski definition) is 1. The van der Waals surface area contributed by atoms with Crippen LogP contribution in [-0.2, 0) is 0 Å². The van der Waals surface area contributed by atoms with E-state index in [9.17, 15) is 0 Å². The van der Waals surface area contributed by atoms with Crippen molar-refractivity contribution in [2.45, 2.75) is 76.8 Å². The van der Waals surface area contributed by atoms with Crippen LogP contribution < -0.4 is 5.73 Å². The molecule has 2 aliphatic carbocycles. The highest BCUT2D eigenvalue weighted by atomic mass is 15.3. The van der Waals surface area contributed by atoms with Crippen LogP contribution in [0.3, 0.4) is 0 Å². The molecule has 1 heterocycles. The van der Waals surface area contributed by atoms with Gasteiger partial charge in [0.1, 0.15) is 0 Å². The summed E-state index contributed by atoms with van der Waals surface area (Å²) < 4.78 is 0. The van der Waals surface area contributed by atoms with E-state index < -0.39 is 0 Å². The minimum atomic E-state index is 0.338. The van der Waals surface area contributed by atoms with Crippen LogP contribution in [0.25, 0.3) is 0 Å². The van der Waals surface area contributed by atoms with Gasteiger partial charge in [0.2, 0.25) is 0 Å². The topological polar surface area (TPSA) is 29.3 Å². The molecule has 3 rings (SSSR count). The first-order valence-electron chi connectivity index (χ1n) is 8.61. The van der Waals surface area contributed by atoms with E-state index in [0.29, 0.717) is 5.54 Å². The molecule has 0 spiro atoms. The number of piperidine rings is 1. The van der Waals surface area contributed by atoms with Crippen molar-refractivity contribution < 1.29 is 0 Å². The monoisotopic (exact) mass is 264 g/mol. The summed E-state index contributed by atoms with van der Waals surface area (Å²) in [5.74, 6) is 2.70. The number of nitrogens with zero attached hydrogens (tertiary/aromatic N) is 1. The standard InChI is InChI=1S/C17H32N2/c1-13-9-14(2)11-17(10-13,12-18)19-8-4-6-15-5-3-7-16(15)19/h13-16H,3-12,18H2,1-2H3. The van der Waals surface area contributed by atoms with E-state index in [4.69, 9.17) is 5.73 Å². The summed E-state index contributed by atoms with van der Waals surface area (Å²) in [7, 11) is 0. The Balaban J connectivity index is 1.83. The van der Waals surface area contributed by atoms with E-state index >= 15 is 0 Å². The maximum atomic E-state index is 6.33. The molecule has 1 saturated heterocycles. The Hall–Kier alpha value is -0.0800. The smallest absolute Gasteiger partial charge is 0.0339 e. The lowest BCUT2D eigenvalue weighted by Crippen LogP contribution is -2.62. The largest absolute Gasteiger partial charge is 0.329 e. The van der Waals surface area contributed by atoms with Gasteiger partial charge in [-0.05, 0) is 69.2 Å². The van der Waals surface area contributed by atoms with Gasteiger partial charge in [-0.25, -0.2) is 0 Å². The predicted molar refractivity (Wildman–Crippen MR) is 81.0 cm³/mol. The number of fused-ring (bicyclic) bond motifs is 1. The van der Waals surface area contributed by atoms with Crippen LogP contribution in [0.1, 0.15) is 65.2 Å². The average molecular weight is 264 g/mol. The van der Waals surface area contributed by atoms with E-state index in [1.54, 1.807) is 0 Å². The van der Waals surface area contributed by atoms with Gasteiger partial charge in [-0.1, -0.05) is 20.3 Å². The third-order valence-electron chi connectivity index (χ3n) is 6.24. The molecule has 0 aromatic rings. The maximum Gasteiger partial charge on any atom is 0.0339 e. The number of nitrogens with two attached hydrogens (primary N) is 1. The van der Waals surface area contributed by atoms with Crippen LogP contribution in [-0.4, -0.2) is 29.6 Å². The third-order valence-corrected chi connectivity index (χ3v) is 6.24. The van der Waals surface area contributed by atoms with Gasteiger partial charge in [0, 0.05) is 18.1 Å². The minimum absolute atomic E-state index is 0.338. The molecule has 2 saturated carbocycles. The lowest BCUT2D eigenvalue weighted by atomic mass is 9.69. The van der Waals surface area contributed by atoms with Gasteiger partial charge in [-0.2, -0.15) is 0 Å². The van der Waals surface area contributed by atoms with E-state index in [2.05, 4.69) is 18.7 Å². The molecule has 4 unspecified atom stereocenters. The maximum absolute atomic E-state index is 6.33. The van der Waals surface area contributed by atoms with Gasteiger partial charge in [-0.3, -0.25) is 4.90 Å². The molecule has 0 aromatic heterocycles. The molecular weight excluding hydrogens is 232 g/mol. The Morgan fingerprint density at radius 1 is 1.05 bits per heavy atom. The molecule has 0 amide bonds. The predicted octanol–water partition coefficient (Wildman–Crippen LogP) is 3.40. The van der Waals surface area contributed by atoms with Crippen LogP contribution in [0.4, 0.5) is 0 Å². The molecule has 2 heteroatoms. The molecule has 19 heavy (non-hydrogen) atoms. The number of hydrogen-bond acceptors (Lipinski definition) is 2. The van der Waals surface area contributed by atoms with Gasteiger partial charge in [-0.15, -0.1) is 0 Å². The lowest BCUT2D eigenvalue weighted by molar-refractivity contribution is -0.0404. The Kier molecular flexibility index (Phi) is 3.92. The van der Waals surface area contributed by atoms with E-state index in [1.165, 1.54) is 57.9 Å². The average Bonchev–Trinajstić information content (AvgIpc) is 2.85. The Morgan fingerprint density at radius 2 is 1.74 bits per heavy atom. The zero-order valence-corrected chi connectivity index (χ0v) is 12.9. The molecule has 3 fully saturated rings. The highest BCUT2D eigenvalue weighted by Gasteiger charge is 2.47. The van der Waals surface area contributed by atoms with Crippen molar-refractivity contribution in [1.82, 2.24) is 4.90 Å². The SMILES string of the molecule is CC1CC(C)CC(CN)(N2CCCC3CCCC32)C1. The van der Waals surface area contributed by atoms with E-state index in [0.717, 1.165) is 30.3 Å². The molecule has 2 nitrogen and oxygen atoms in total. The van der Waals surface area contributed by atoms with Crippen LogP contribution in [0, 0.1) is 17.8 Å². The van der Waals surface area contributed by atoms with Crippen LogP contribution in [0.5, 0.6) is 0 Å². The van der Waals surface area contributed by atoms with Crippen molar-refractivity contribution in [3.8, 4) is 0 Å². The van der Waals surface area contributed by atoms with Crippen molar-refractivity contribution in [3.63, 3.8) is 0 Å². The summed E-state index contributed by atoms with van der Waals surface area (Å²) in [6.07, 6.45) is 11.4. The Labute approximate surface area is 119 Å². The van der Waals surface area contributed by atoms with Crippen molar-refractivity contribution >= 4 is 0 Å². The van der Waals surface area contributed by atoms with Crippen LogP contribution >= 0.6 is 0 Å². The number of likely N-dealkylation sites (tertiary alicyclic amines) is 1. The molecule has 110 valence electrons. The van der Waals surface area contributed by atoms with Crippen LogP contribution in [0.2, 0.25) is 0 Å². The van der Waals surface area contributed by atoms with E-state index in [-0.39, 0.29) is 0 Å². The summed E-state index contributed by atoms with van der Waals surface area (Å²) in [5.41, 5.74) is 6.67. The van der Waals surface area contributed by atoms with Gasteiger partial charge in [0.05, 0.1) is 0 Å². The van der Waals surface area contributed by atoms with Crippen LogP contribution in [0.15, 0.2) is 0 Å². The molecule has 2 N–H and O–H groups in total. The fraction of sp³-hybridized carbons (Fsp3) is 1.00. The second-order valence-electron chi connectivity index (χ2n) is 7.88. The highest BCUT2D eigenvalue weighted by Crippen LogP contribution is 2.46. The fourth-order valence-corrected chi connectivity index (χ4v) is 5.80. The molecule has 3 aliphatic rings. The molecular formula is C17H32N2. The van der Waals surface area contributed by atoms with Crippen molar-refractivity contribution in [3.05, 3.63) is 0 Å². The number of rotatable bonds is 2. The van der Waals surface area contributed by atoms with Gasteiger partial charge < -0.3 is 5.73 Å². The molecule has 0 radical (unpaired) electrons. The zero-order valence-electron chi connectivity index (χ0n) is 12.9. The normalized spacial score (nSPS) is 48.2. The first-order chi connectivity index (χ1) is 9.14. The van der Waals surface area contributed by atoms with Crippen molar-refractivity contribution in [2.75, 3.05) is 13.1 Å². The quantitative estimate of drug-likeness (QED) is 0.828. The van der Waals surface area contributed by atoms with Gasteiger partial charge in [0.15, 0.2) is 0 Å². The van der Waals surface area contributed by atoms with Crippen molar-refractivity contribution in [1.29, 1.82) is 0 Å². The summed E-state index contributed by atoms with van der Waals surface area (Å²) >= 11 is 0. The molecule has 1 aliphatic heterocycles. The highest BCUT2D eigenvalue weighted by molar-refractivity contribution is 5.03. The second kappa shape index (κ2) is 5.37. The van der Waals surface area contributed by atoms with E-state index in [1.807, 2.05) is 0 Å². The third kappa shape index (κ3) is 2.47. The molecule has 4 atom stereocenters.